The first kappa shape index (κ1) is 11.6. The van der Waals surface area contributed by atoms with E-state index in [0.29, 0.717) is 23.1 Å². The van der Waals surface area contributed by atoms with Crippen LogP contribution in [0.1, 0.15) is 12.8 Å². The van der Waals surface area contributed by atoms with Crippen LogP contribution < -0.4 is 4.90 Å². The number of rotatable bonds is 1. The van der Waals surface area contributed by atoms with E-state index in [1.165, 1.54) is 4.90 Å². The van der Waals surface area contributed by atoms with Crippen LogP contribution in [0.2, 0.25) is 0 Å². The molecule has 4 nitrogen and oxygen atoms in total. The third-order valence-electron chi connectivity index (χ3n) is 3.46. The zero-order valence-corrected chi connectivity index (χ0v) is 11.1. The minimum atomic E-state index is -0.212. The Morgan fingerprint density at radius 1 is 1.17 bits per heavy atom. The summed E-state index contributed by atoms with van der Waals surface area (Å²) < 4.78 is 0.665. The van der Waals surface area contributed by atoms with Crippen LogP contribution in [0.3, 0.4) is 0 Å². The summed E-state index contributed by atoms with van der Waals surface area (Å²) in [4.78, 5) is 30.0. The van der Waals surface area contributed by atoms with Gasteiger partial charge in [0.05, 0.1) is 16.3 Å². The van der Waals surface area contributed by atoms with E-state index in [1.54, 1.807) is 18.3 Å². The molecular formula is C13H11BrN2O2. The molecule has 3 rings (SSSR count). The lowest BCUT2D eigenvalue weighted by atomic mass is 9.85. The van der Waals surface area contributed by atoms with E-state index in [9.17, 15) is 9.59 Å². The van der Waals surface area contributed by atoms with Gasteiger partial charge in [-0.15, -0.1) is 0 Å². The molecule has 1 aromatic rings. The highest BCUT2D eigenvalue weighted by atomic mass is 79.9. The van der Waals surface area contributed by atoms with E-state index >= 15 is 0 Å². The Kier molecular flexibility index (Phi) is 2.78. The predicted octanol–water partition coefficient (Wildman–Crippen LogP) is 2.30. The first-order valence-electron chi connectivity index (χ1n) is 5.83. The monoisotopic (exact) mass is 306 g/mol. The van der Waals surface area contributed by atoms with Gasteiger partial charge in [0.15, 0.2) is 5.82 Å². The third-order valence-corrected chi connectivity index (χ3v) is 4.08. The maximum absolute atomic E-state index is 12.3. The molecule has 1 saturated heterocycles. The third kappa shape index (κ3) is 1.61. The van der Waals surface area contributed by atoms with Crippen LogP contribution in [0.15, 0.2) is 35.0 Å². The molecule has 0 saturated carbocycles. The molecule has 0 unspecified atom stereocenters. The lowest BCUT2D eigenvalue weighted by Crippen LogP contribution is -2.31. The summed E-state index contributed by atoms with van der Waals surface area (Å²) in [5.41, 5.74) is 0. The number of nitrogens with zero attached hydrogens (tertiary/aromatic N) is 2. The standard InChI is InChI=1S/C13H11BrN2O2/c14-10-6-3-7-15-11(10)16-12(17)8-4-1-2-5-9(8)13(16)18/h1-3,6-9H,4-5H2/t8-,9+. The SMILES string of the molecule is O=C1[C@H]2CC=CC[C@H]2C(=O)N1c1ncccc1Br. The van der Waals surface area contributed by atoms with E-state index < -0.39 is 0 Å². The second kappa shape index (κ2) is 4.31. The van der Waals surface area contributed by atoms with Crippen LogP contribution >= 0.6 is 15.9 Å². The molecule has 1 aliphatic heterocycles. The number of hydrogen-bond donors (Lipinski definition) is 0. The minimum absolute atomic E-state index is 0.131. The summed E-state index contributed by atoms with van der Waals surface area (Å²) >= 11 is 3.34. The average molecular weight is 307 g/mol. The number of hydrogen-bond acceptors (Lipinski definition) is 3. The molecule has 2 heterocycles. The Labute approximate surface area is 113 Å². The van der Waals surface area contributed by atoms with Gasteiger partial charge in [0.2, 0.25) is 11.8 Å². The van der Waals surface area contributed by atoms with Crippen molar-refractivity contribution >= 4 is 33.6 Å². The molecule has 0 radical (unpaired) electrons. The number of amides is 2. The van der Waals surface area contributed by atoms with Crippen molar-refractivity contribution in [2.24, 2.45) is 11.8 Å². The lowest BCUT2D eigenvalue weighted by molar-refractivity contribution is -0.122. The second-order valence-corrected chi connectivity index (χ2v) is 5.33. The Hall–Kier alpha value is -1.49. The molecular weight excluding hydrogens is 296 g/mol. The van der Waals surface area contributed by atoms with Gasteiger partial charge >= 0.3 is 0 Å². The number of carbonyl (C=O) groups excluding carboxylic acids is 2. The van der Waals surface area contributed by atoms with Crippen LogP contribution in [0.25, 0.3) is 0 Å². The van der Waals surface area contributed by atoms with Gasteiger partial charge in [0.1, 0.15) is 0 Å². The van der Waals surface area contributed by atoms with Crippen molar-refractivity contribution in [1.82, 2.24) is 4.98 Å². The molecule has 0 N–H and O–H groups in total. The zero-order valence-electron chi connectivity index (χ0n) is 9.54. The van der Waals surface area contributed by atoms with Gasteiger partial charge in [-0.3, -0.25) is 9.59 Å². The number of halogens is 1. The quantitative estimate of drug-likeness (QED) is 0.591. The largest absolute Gasteiger partial charge is 0.274 e. The van der Waals surface area contributed by atoms with E-state index in [1.807, 2.05) is 12.2 Å². The van der Waals surface area contributed by atoms with Crippen molar-refractivity contribution in [2.75, 3.05) is 4.90 Å². The van der Waals surface area contributed by atoms with Gasteiger partial charge in [0.25, 0.3) is 0 Å². The van der Waals surface area contributed by atoms with Crippen molar-refractivity contribution in [3.8, 4) is 0 Å². The predicted molar refractivity (Wildman–Crippen MR) is 69.8 cm³/mol. The maximum Gasteiger partial charge on any atom is 0.239 e. The number of fused-ring (bicyclic) bond motifs is 1. The summed E-state index contributed by atoms with van der Waals surface area (Å²) in [5, 5.41) is 0. The van der Waals surface area contributed by atoms with Gasteiger partial charge in [-0.25, -0.2) is 9.88 Å². The number of anilines is 1. The molecule has 2 amide bonds. The minimum Gasteiger partial charge on any atom is -0.274 e. The summed E-state index contributed by atoms with van der Waals surface area (Å²) in [6.07, 6.45) is 6.83. The van der Waals surface area contributed by atoms with Crippen molar-refractivity contribution in [2.45, 2.75) is 12.8 Å². The molecule has 1 aromatic heterocycles. The molecule has 1 fully saturated rings. The molecule has 0 bridgehead atoms. The Balaban J connectivity index is 2.02. The first-order valence-corrected chi connectivity index (χ1v) is 6.63. The number of pyridine rings is 1. The fourth-order valence-electron chi connectivity index (χ4n) is 2.55. The molecule has 18 heavy (non-hydrogen) atoms. The maximum atomic E-state index is 12.3. The van der Waals surface area contributed by atoms with Crippen LogP contribution in [0, 0.1) is 11.8 Å². The van der Waals surface area contributed by atoms with Gasteiger partial charge in [0, 0.05) is 6.20 Å². The topological polar surface area (TPSA) is 50.3 Å². The summed E-state index contributed by atoms with van der Waals surface area (Å²) in [7, 11) is 0. The first-order chi connectivity index (χ1) is 8.70. The average Bonchev–Trinajstić information content (AvgIpc) is 2.64. The Bertz CT molecular complexity index is 530. The van der Waals surface area contributed by atoms with Gasteiger partial charge in [-0.2, -0.15) is 0 Å². The summed E-state index contributed by atoms with van der Waals surface area (Å²) in [6, 6.07) is 3.54. The van der Waals surface area contributed by atoms with Crippen LogP contribution in [0.4, 0.5) is 5.82 Å². The Morgan fingerprint density at radius 2 is 1.78 bits per heavy atom. The van der Waals surface area contributed by atoms with Crippen LogP contribution in [0.5, 0.6) is 0 Å². The number of imide groups is 1. The van der Waals surface area contributed by atoms with Crippen molar-refractivity contribution in [3.63, 3.8) is 0 Å². The van der Waals surface area contributed by atoms with Crippen molar-refractivity contribution < 1.29 is 9.59 Å². The smallest absolute Gasteiger partial charge is 0.239 e. The number of aromatic nitrogens is 1. The zero-order chi connectivity index (χ0) is 12.7. The molecule has 92 valence electrons. The number of allylic oxidation sites excluding steroid dienone is 2. The van der Waals surface area contributed by atoms with Gasteiger partial charge in [-0.05, 0) is 40.9 Å². The molecule has 5 heteroatoms. The van der Waals surface area contributed by atoms with Crippen LogP contribution in [-0.2, 0) is 9.59 Å². The highest BCUT2D eigenvalue weighted by Gasteiger charge is 2.48. The van der Waals surface area contributed by atoms with E-state index in [0.717, 1.165) is 0 Å². The van der Waals surface area contributed by atoms with E-state index in [-0.39, 0.29) is 23.7 Å². The van der Waals surface area contributed by atoms with Crippen molar-refractivity contribution in [3.05, 3.63) is 35.0 Å². The van der Waals surface area contributed by atoms with E-state index in [2.05, 4.69) is 20.9 Å². The lowest BCUT2D eigenvalue weighted by Gasteiger charge is -2.14. The highest BCUT2D eigenvalue weighted by Crippen LogP contribution is 2.38. The molecule has 0 spiro atoms. The number of carbonyl (C=O) groups is 2. The normalized spacial score (nSPS) is 26.6. The second-order valence-electron chi connectivity index (χ2n) is 4.48. The van der Waals surface area contributed by atoms with Crippen molar-refractivity contribution in [1.29, 1.82) is 0 Å². The highest BCUT2D eigenvalue weighted by molar-refractivity contribution is 9.10. The fraction of sp³-hybridized carbons (Fsp3) is 0.308. The van der Waals surface area contributed by atoms with Gasteiger partial charge < -0.3 is 0 Å². The van der Waals surface area contributed by atoms with E-state index in [4.69, 9.17) is 0 Å². The molecule has 2 aliphatic rings. The molecule has 0 aromatic carbocycles. The Morgan fingerprint density at radius 3 is 2.33 bits per heavy atom. The molecule has 1 aliphatic carbocycles. The molecule has 2 atom stereocenters. The van der Waals surface area contributed by atoms with Crippen LogP contribution in [-0.4, -0.2) is 16.8 Å². The van der Waals surface area contributed by atoms with Gasteiger partial charge in [-0.1, -0.05) is 12.2 Å². The summed E-state index contributed by atoms with van der Waals surface area (Å²) in [6.45, 7) is 0. The summed E-state index contributed by atoms with van der Waals surface area (Å²) in [5.74, 6) is -0.280. The fourth-order valence-corrected chi connectivity index (χ4v) is 2.98.